The normalized spacial score (nSPS) is 10.2. The molecule has 1 aromatic heterocycles. The van der Waals surface area contributed by atoms with E-state index >= 15 is 0 Å². The first-order valence-electron chi connectivity index (χ1n) is 7.04. The fourth-order valence-corrected chi connectivity index (χ4v) is 2.13. The van der Waals surface area contributed by atoms with Gasteiger partial charge in [0.15, 0.2) is 6.29 Å². The number of hydrogen-bond donors (Lipinski definition) is 1. The van der Waals surface area contributed by atoms with Gasteiger partial charge in [-0.3, -0.25) is 9.59 Å². The summed E-state index contributed by atoms with van der Waals surface area (Å²) in [5.74, 6) is -0.737. The van der Waals surface area contributed by atoms with Gasteiger partial charge in [-0.05, 0) is 44.7 Å². The van der Waals surface area contributed by atoms with E-state index in [0.717, 1.165) is 5.56 Å². The number of hydrogen-bond acceptors (Lipinski definition) is 5. The summed E-state index contributed by atoms with van der Waals surface area (Å²) < 4.78 is 9.79. The minimum Gasteiger partial charge on any atom is -0.466 e. The average molecular weight is 295 g/mol. The number of nitrogens with one attached hydrogen (secondary N) is 1. The minimum atomic E-state index is -0.477. The lowest BCUT2D eigenvalue weighted by atomic mass is 10.0. The van der Waals surface area contributed by atoms with Crippen LogP contribution in [0.25, 0.3) is 0 Å². The van der Waals surface area contributed by atoms with Gasteiger partial charge in [0.1, 0.15) is 5.69 Å². The van der Waals surface area contributed by atoms with E-state index in [0.29, 0.717) is 42.7 Å². The molecule has 0 aliphatic carbocycles. The van der Waals surface area contributed by atoms with Crippen LogP contribution in [0.4, 0.5) is 0 Å². The van der Waals surface area contributed by atoms with Crippen molar-refractivity contribution >= 4 is 18.2 Å². The highest BCUT2D eigenvalue weighted by atomic mass is 16.5. The number of ether oxygens (including phenoxy) is 2. The Hall–Kier alpha value is -2.11. The second kappa shape index (κ2) is 8.24. The lowest BCUT2D eigenvalue weighted by Gasteiger charge is -2.03. The topological polar surface area (TPSA) is 85.5 Å². The molecule has 6 nitrogen and oxygen atoms in total. The predicted octanol–water partition coefficient (Wildman–Crippen LogP) is 2.20. The first kappa shape index (κ1) is 16.9. The molecule has 0 saturated carbocycles. The van der Waals surface area contributed by atoms with Crippen LogP contribution in [0.3, 0.4) is 0 Å². The predicted molar refractivity (Wildman–Crippen MR) is 76.4 cm³/mol. The highest BCUT2D eigenvalue weighted by molar-refractivity contribution is 5.92. The van der Waals surface area contributed by atoms with Crippen molar-refractivity contribution in [1.29, 1.82) is 0 Å². The summed E-state index contributed by atoms with van der Waals surface area (Å²) in [6.07, 6.45) is 2.04. The summed E-state index contributed by atoms with van der Waals surface area (Å²) >= 11 is 0. The highest BCUT2D eigenvalue weighted by Crippen LogP contribution is 2.20. The SMILES string of the molecule is CCOC(=O)CCCc1c(C=O)[nH]c(C(=O)OCC)c1C. The number of H-pyrrole nitrogens is 1. The molecule has 21 heavy (non-hydrogen) atoms. The molecule has 0 atom stereocenters. The van der Waals surface area contributed by atoms with E-state index in [2.05, 4.69) is 4.98 Å². The van der Waals surface area contributed by atoms with Crippen LogP contribution < -0.4 is 0 Å². The molecular formula is C15H21NO5. The van der Waals surface area contributed by atoms with Gasteiger partial charge < -0.3 is 14.5 Å². The van der Waals surface area contributed by atoms with Crippen molar-refractivity contribution in [3.8, 4) is 0 Å². The smallest absolute Gasteiger partial charge is 0.355 e. The van der Waals surface area contributed by atoms with Crippen LogP contribution in [0.15, 0.2) is 0 Å². The maximum atomic E-state index is 11.8. The minimum absolute atomic E-state index is 0.260. The van der Waals surface area contributed by atoms with E-state index < -0.39 is 5.97 Å². The Balaban J connectivity index is 2.79. The molecular weight excluding hydrogens is 274 g/mol. The average Bonchev–Trinajstić information content (AvgIpc) is 2.76. The van der Waals surface area contributed by atoms with Crippen molar-refractivity contribution in [2.75, 3.05) is 13.2 Å². The van der Waals surface area contributed by atoms with E-state index in [4.69, 9.17) is 9.47 Å². The Kier molecular flexibility index (Phi) is 6.65. The van der Waals surface area contributed by atoms with Gasteiger partial charge in [-0.15, -0.1) is 0 Å². The van der Waals surface area contributed by atoms with Gasteiger partial charge in [0.2, 0.25) is 0 Å². The Labute approximate surface area is 123 Å². The highest BCUT2D eigenvalue weighted by Gasteiger charge is 2.19. The standard InChI is InChI=1S/C15H21NO5/c1-4-20-13(18)8-6-7-11-10(3)14(15(19)21-5-2)16-12(11)9-17/h9,16H,4-8H2,1-3H3. The molecule has 0 amide bonds. The van der Waals surface area contributed by atoms with Gasteiger partial charge >= 0.3 is 11.9 Å². The van der Waals surface area contributed by atoms with Crippen molar-refractivity contribution in [3.05, 3.63) is 22.5 Å². The monoisotopic (exact) mass is 295 g/mol. The quantitative estimate of drug-likeness (QED) is 0.587. The summed E-state index contributed by atoms with van der Waals surface area (Å²) in [4.78, 5) is 37.0. The van der Waals surface area contributed by atoms with Crippen molar-refractivity contribution < 1.29 is 23.9 Å². The Morgan fingerprint density at radius 1 is 1.19 bits per heavy atom. The molecule has 0 unspecified atom stereocenters. The molecule has 1 rings (SSSR count). The molecule has 1 N–H and O–H groups in total. The molecule has 116 valence electrons. The van der Waals surface area contributed by atoms with Gasteiger partial charge in [-0.2, -0.15) is 0 Å². The zero-order valence-corrected chi connectivity index (χ0v) is 12.7. The van der Waals surface area contributed by atoms with E-state index in [-0.39, 0.29) is 19.0 Å². The summed E-state index contributed by atoms with van der Waals surface area (Å²) in [6, 6.07) is 0. The van der Waals surface area contributed by atoms with Crippen LogP contribution in [0.1, 0.15) is 58.8 Å². The lowest BCUT2D eigenvalue weighted by molar-refractivity contribution is -0.143. The second-order valence-electron chi connectivity index (χ2n) is 4.51. The summed E-state index contributed by atoms with van der Waals surface area (Å²) in [7, 11) is 0. The third kappa shape index (κ3) is 4.44. The van der Waals surface area contributed by atoms with Crippen molar-refractivity contribution in [3.63, 3.8) is 0 Å². The maximum absolute atomic E-state index is 11.8. The molecule has 0 bridgehead atoms. The summed E-state index contributed by atoms with van der Waals surface area (Å²) in [5.41, 5.74) is 2.10. The third-order valence-corrected chi connectivity index (χ3v) is 3.12. The molecule has 0 aliphatic rings. The Morgan fingerprint density at radius 2 is 1.86 bits per heavy atom. The van der Waals surface area contributed by atoms with Crippen LogP contribution in [-0.4, -0.2) is 36.4 Å². The first-order valence-corrected chi connectivity index (χ1v) is 7.04. The zero-order valence-electron chi connectivity index (χ0n) is 12.7. The lowest BCUT2D eigenvalue weighted by Crippen LogP contribution is -2.07. The van der Waals surface area contributed by atoms with Gasteiger partial charge in [-0.1, -0.05) is 0 Å². The van der Waals surface area contributed by atoms with Gasteiger partial charge in [0.05, 0.1) is 18.9 Å². The van der Waals surface area contributed by atoms with Crippen LogP contribution in [0.5, 0.6) is 0 Å². The van der Waals surface area contributed by atoms with E-state index in [9.17, 15) is 14.4 Å². The second-order valence-corrected chi connectivity index (χ2v) is 4.51. The zero-order chi connectivity index (χ0) is 15.8. The molecule has 0 radical (unpaired) electrons. The number of aldehydes is 1. The van der Waals surface area contributed by atoms with Crippen molar-refractivity contribution in [2.45, 2.75) is 40.0 Å². The molecule has 0 aromatic carbocycles. The van der Waals surface area contributed by atoms with Gasteiger partial charge in [0, 0.05) is 6.42 Å². The van der Waals surface area contributed by atoms with Crippen LogP contribution in [0, 0.1) is 6.92 Å². The molecule has 0 saturated heterocycles. The molecule has 1 heterocycles. The molecule has 0 fully saturated rings. The van der Waals surface area contributed by atoms with Gasteiger partial charge in [0.25, 0.3) is 0 Å². The number of aromatic nitrogens is 1. The van der Waals surface area contributed by atoms with Gasteiger partial charge in [-0.25, -0.2) is 4.79 Å². The molecule has 1 aromatic rings. The third-order valence-electron chi connectivity index (χ3n) is 3.12. The summed E-state index contributed by atoms with van der Waals surface area (Å²) in [6.45, 7) is 5.86. The van der Waals surface area contributed by atoms with Crippen LogP contribution in [-0.2, 0) is 20.7 Å². The van der Waals surface area contributed by atoms with E-state index in [1.165, 1.54) is 0 Å². The Morgan fingerprint density at radius 3 is 2.43 bits per heavy atom. The molecule has 0 aliphatic heterocycles. The van der Waals surface area contributed by atoms with Crippen molar-refractivity contribution in [2.24, 2.45) is 0 Å². The van der Waals surface area contributed by atoms with Crippen LogP contribution >= 0.6 is 0 Å². The molecule has 0 spiro atoms. The van der Waals surface area contributed by atoms with Crippen molar-refractivity contribution in [1.82, 2.24) is 4.98 Å². The molecule has 6 heteroatoms. The van der Waals surface area contributed by atoms with Crippen LogP contribution in [0.2, 0.25) is 0 Å². The number of carbonyl (C=O) groups is 3. The fourth-order valence-electron chi connectivity index (χ4n) is 2.13. The largest absolute Gasteiger partial charge is 0.466 e. The number of rotatable bonds is 8. The maximum Gasteiger partial charge on any atom is 0.355 e. The number of esters is 2. The number of carbonyl (C=O) groups excluding carboxylic acids is 3. The summed E-state index contributed by atoms with van der Waals surface area (Å²) in [5, 5.41) is 0. The van der Waals surface area contributed by atoms with E-state index in [1.54, 1.807) is 20.8 Å². The number of aromatic amines is 1. The first-order chi connectivity index (χ1) is 10.0. The van der Waals surface area contributed by atoms with E-state index in [1.807, 2.05) is 0 Å². The Bertz CT molecular complexity index is 518. The fraction of sp³-hybridized carbons (Fsp3) is 0.533.